The maximum Gasteiger partial charge on any atom is 0.236 e. The molecule has 6 nitrogen and oxygen atoms in total. The number of fused-ring (bicyclic) bond motifs is 1. The third-order valence-corrected chi connectivity index (χ3v) is 7.73. The molecule has 1 atom stereocenters. The summed E-state index contributed by atoms with van der Waals surface area (Å²) < 4.78 is 0. The van der Waals surface area contributed by atoms with Gasteiger partial charge in [-0.05, 0) is 37.3 Å². The van der Waals surface area contributed by atoms with Gasteiger partial charge in [0.05, 0.1) is 6.54 Å². The molecule has 1 aromatic rings. The Hall–Kier alpha value is -1.66. The Labute approximate surface area is 188 Å². The van der Waals surface area contributed by atoms with E-state index in [-0.39, 0.29) is 0 Å². The van der Waals surface area contributed by atoms with E-state index in [1.807, 2.05) is 0 Å². The van der Waals surface area contributed by atoms with Crippen molar-refractivity contribution in [2.45, 2.75) is 77.4 Å². The van der Waals surface area contributed by atoms with E-state index in [9.17, 15) is 4.79 Å². The fourth-order valence-electron chi connectivity index (χ4n) is 5.37. The normalized spacial score (nSPS) is 21.5. The first-order chi connectivity index (χ1) is 15.1. The van der Waals surface area contributed by atoms with Crippen molar-refractivity contribution >= 4 is 11.7 Å². The summed E-state index contributed by atoms with van der Waals surface area (Å²) in [6.07, 6.45) is 8.57. The van der Waals surface area contributed by atoms with Crippen molar-refractivity contribution in [3.05, 3.63) is 23.4 Å². The SMILES string of the molecule is CCCC(CC)N(C)c1ccc2c(n1)CCN(CC(=O)N1CCN(C3CCC3)CC1)C2. The lowest BCUT2D eigenvalue weighted by atomic mass is 9.91. The smallest absolute Gasteiger partial charge is 0.236 e. The Morgan fingerprint density at radius 2 is 1.94 bits per heavy atom. The van der Waals surface area contributed by atoms with Crippen molar-refractivity contribution in [2.75, 3.05) is 51.2 Å². The standard InChI is InChI=1S/C25H41N5O/c1-4-7-21(5-2)27(3)24-11-10-20-18-28(13-12-23(20)26-24)19-25(31)30-16-14-29(15-17-30)22-8-6-9-22/h10-11,21-22H,4-9,12-19H2,1-3H3. The molecule has 0 spiro atoms. The van der Waals surface area contributed by atoms with Gasteiger partial charge < -0.3 is 9.80 Å². The van der Waals surface area contributed by atoms with Crippen molar-refractivity contribution < 1.29 is 4.79 Å². The third kappa shape index (κ3) is 5.23. The molecule has 0 bridgehead atoms. The number of rotatable bonds is 8. The van der Waals surface area contributed by atoms with Gasteiger partial charge >= 0.3 is 0 Å². The fraction of sp³-hybridized carbons (Fsp3) is 0.760. The lowest BCUT2D eigenvalue weighted by Gasteiger charge is -2.43. The Kier molecular flexibility index (Phi) is 7.49. The quantitative estimate of drug-likeness (QED) is 0.638. The minimum atomic E-state index is 0.298. The number of amides is 1. The lowest BCUT2D eigenvalue weighted by Crippen LogP contribution is -2.55. The van der Waals surface area contributed by atoms with Crippen LogP contribution in [-0.4, -0.2) is 84.0 Å². The number of piperazine rings is 1. The van der Waals surface area contributed by atoms with Gasteiger partial charge in [0.15, 0.2) is 0 Å². The molecule has 1 saturated carbocycles. The monoisotopic (exact) mass is 427 g/mol. The van der Waals surface area contributed by atoms with Gasteiger partial charge in [0.2, 0.25) is 5.91 Å². The molecule has 172 valence electrons. The maximum atomic E-state index is 12.9. The zero-order valence-corrected chi connectivity index (χ0v) is 19.9. The molecule has 1 aromatic heterocycles. The Bertz CT molecular complexity index is 741. The van der Waals surface area contributed by atoms with Crippen LogP contribution in [0.5, 0.6) is 0 Å². The summed E-state index contributed by atoms with van der Waals surface area (Å²) in [5, 5.41) is 0. The molecule has 2 aliphatic heterocycles. The molecule has 1 saturated heterocycles. The predicted octanol–water partition coefficient (Wildman–Crippen LogP) is 3.15. The Balaban J connectivity index is 1.29. The van der Waals surface area contributed by atoms with E-state index < -0.39 is 0 Å². The summed E-state index contributed by atoms with van der Waals surface area (Å²) in [6, 6.07) is 5.75. The van der Waals surface area contributed by atoms with Crippen molar-refractivity contribution in [1.82, 2.24) is 19.7 Å². The first-order valence-corrected chi connectivity index (χ1v) is 12.5. The van der Waals surface area contributed by atoms with Crippen molar-refractivity contribution in [3.8, 4) is 0 Å². The van der Waals surface area contributed by atoms with Crippen LogP contribution in [0.4, 0.5) is 5.82 Å². The molecule has 0 aromatic carbocycles. The first kappa shape index (κ1) is 22.5. The van der Waals surface area contributed by atoms with Crippen LogP contribution in [0.3, 0.4) is 0 Å². The minimum Gasteiger partial charge on any atom is -0.357 e. The van der Waals surface area contributed by atoms with Crippen LogP contribution in [0.2, 0.25) is 0 Å². The van der Waals surface area contributed by atoms with Crippen LogP contribution in [0.1, 0.15) is 63.6 Å². The highest BCUT2D eigenvalue weighted by Gasteiger charge is 2.30. The molecule has 0 radical (unpaired) electrons. The number of carbonyl (C=O) groups is 1. The molecule has 2 fully saturated rings. The second-order valence-electron chi connectivity index (χ2n) is 9.70. The number of anilines is 1. The molecule has 1 amide bonds. The van der Waals surface area contributed by atoms with Crippen molar-refractivity contribution in [1.29, 1.82) is 0 Å². The molecule has 31 heavy (non-hydrogen) atoms. The summed E-state index contributed by atoms with van der Waals surface area (Å²) in [7, 11) is 2.18. The molecule has 3 heterocycles. The van der Waals surface area contributed by atoms with Gasteiger partial charge in [-0.15, -0.1) is 0 Å². The van der Waals surface area contributed by atoms with Crippen LogP contribution in [0.15, 0.2) is 12.1 Å². The highest BCUT2D eigenvalue weighted by atomic mass is 16.2. The largest absolute Gasteiger partial charge is 0.357 e. The average molecular weight is 428 g/mol. The van der Waals surface area contributed by atoms with E-state index in [0.717, 1.165) is 64.0 Å². The molecule has 1 aliphatic carbocycles. The summed E-state index contributed by atoms with van der Waals surface area (Å²) in [5.41, 5.74) is 2.50. The number of hydrogen-bond acceptors (Lipinski definition) is 5. The minimum absolute atomic E-state index is 0.298. The second-order valence-corrected chi connectivity index (χ2v) is 9.70. The van der Waals surface area contributed by atoms with E-state index in [1.165, 1.54) is 43.4 Å². The molecular formula is C25H41N5O. The van der Waals surface area contributed by atoms with Gasteiger partial charge in [0.1, 0.15) is 5.82 Å². The fourth-order valence-corrected chi connectivity index (χ4v) is 5.37. The van der Waals surface area contributed by atoms with Gasteiger partial charge in [-0.25, -0.2) is 4.98 Å². The number of hydrogen-bond donors (Lipinski definition) is 0. The molecule has 0 N–H and O–H groups in total. The van der Waals surface area contributed by atoms with Crippen LogP contribution in [0.25, 0.3) is 0 Å². The number of nitrogens with zero attached hydrogens (tertiary/aromatic N) is 5. The highest BCUT2D eigenvalue weighted by Crippen LogP contribution is 2.26. The average Bonchev–Trinajstić information content (AvgIpc) is 2.76. The van der Waals surface area contributed by atoms with Gasteiger partial charge in [0.25, 0.3) is 0 Å². The third-order valence-electron chi connectivity index (χ3n) is 7.73. The van der Waals surface area contributed by atoms with Crippen molar-refractivity contribution in [3.63, 3.8) is 0 Å². The Morgan fingerprint density at radius 3 is 2.58 bits per heavy atom. The highest BCUT2D eigenvalue weighted by molar-refractivity contribution is 5.78. The molecule has 3 aliphatic rings. The topological polar surface area (TPSA) is 42.9 Å². The molecule has 4 rings (SSSR count). The van der Waals surface area contributed by atoms with Crippen molar-refractivity contribution in [2.24, 2.45) is 0 Å². The summed E-state index contributed by atoms with van der Waals surface area (Å²) in [5.74, 6) is 1.39. The molecular weight excluding hydrogens is 386 g/mol. The van der Waals surface area contributed by atoms with E-state index in [1.54, 1.807) is 0 Å². The number of aromatic nitrogens is 1. The van der Waals surface area contributed by atoms with Gasteiger partial charge in [-0.1, -0.05) is 32.8 Å². The number of carbonyl (C=O) groups excluding carboxylic acids is 1. The van der Waals surface area contributed by atoms with E-state index >= 15 is 0 Å². The van der Waals surface area contributed by atoms with Crippen LogP contribution in [-0.2, 0) is 17.8 Å². The van der Waals surface area contributed by atoms with Crippen LogP contribution in [0, 0.1) is 0 Å². The predicted molar refractivity (Wildman–Crippen MR) is 126 cm³/mol. The maximum absolute atomic E-state index is 12.9. The van der Waals surface area contributed by atoms with E-state index in [0.29, 0.717) is 18.5 Å². The Morgan fingerprint density at radius 1 is 1.16 bits per heavy atom. The van der Waals surface area contributed by atoms with E-state index in [4.69, 9.17) is 4.98 Å². The van der Waals surface area contributed by atoms with Crippen LogP contribution < -0.4 is 4.90 Å². The van der Waals surface area contributed by atoms with E-state index in [2.05, 4.69) is 52.6 Å². The molecule has 1 unspecified atom stereocenters. The zero-order valence-electron chi connectivity index (χ0n) is 19.9. The van der Waals surface area contributed by atoms with Crippen LogP contribution >= 0.6 is 0 Å². The number of pyridine rings is 1. The molecule has 6 heteroatoms. The van der Waals surface area contributed by atoms with Gasteiger partial charge in [0, 0.05) is 70.5 Å². The summed E-state index contributed by atoms with van der Waals surface area (Å²) in [6.45, 7) is 10.7. The zero-order chi connectivity index (χ0) is 21.8. The summed E-state index contributed by atoms with van der Waals surface area (Å²) >= 11 is 0. The summed E-state index contributed by atoms with van der Waals surface area (Å²) in [4.78, 5) is 27.2. The second kappa shape index (κ2) is 10.3. The first-order valence-electron chi connectivity index (χ1n) is 12.5. The van der Waals surface area contributed by atoms with Gasteiger partial charge in [-0.3, -0.25) is 14.6 Å². The lowest BCUT2D eigenvalue weighted by molar-refractivity contribution is -0.135. The van der Waals surface area contributed by atoms with Gasteiger partial charge in [-0.2, -0.15) is 0 Å².